The zero-order chi connectivity index (χ0) is 9.36. The van der Waals surface area contributed by atoms with Crippen LogP contribution in [0.2, 0.25) is 0 Å². The monoisotopic (exact) mass is 456 g/mol. The molecule has 2 aliphatic carbocycles. The predicted octanol–water partition coefficient (Wildman–Crippen LogP) is -5.54. The summed E-state index contributed by atoms with van der Waals surface area (Å²) in [5.74, 6) is 0. The van der Waals surface area contributed by atoms with Gasteiger partial charge in [0.1, 0.15) is 0 Å². The van der Waals surface area contributed by atoms with E-state index in [4.69, 9.17) is 0 Å². The van der Waals surface area contributed by atoms with E-state index in [9.17, 15) is 0 Å². The smallest absolute Gasteiger partial charge is 1.00 e. The molecule has 4 heteroatoms. The van der Waals surface area contributed by atoms with Crippen LogP contribution in [0, 0.1) is 17.3 Å². The summed E-state index contributed by atoms with van der Waals surface area (Å²) in [6, 6.07) is 0. The zero-order valence-corrected chi connectivity index (χ0v) is 16.1. The third-order valence-corrected chi connectivity index (χ3v) is 2.67. The average Bonchev–Trinajstić information content (AvgIpc) is 2.60. The fraction of sp³-hybridized carbons (Fsp3) is 0.308. The molecule has 2 aliphatic rings. The molecule has 92 valence electrons. The van der Waals surface area contributed by atoms with Gasteiger partial charge in [-0.15, -0.1) is 35.1 Å². The van der Waals surface area contributed by atoms with Gasteiger partial charge in [0.05, 0.1) is 0 Å². The number of allylic oxidation sites excluding steroid dienone is 8. The van der Waals surface area contributed by atoms with Crippen molar-refractivity contribution in [3.8, 4) is 0 Å². The Bertz CT molecular complexity index is 274. The van der Waals surface area contributed by atoms with Crippen molar-refractivity contribution in [1.29, 1.82) is 0 Å². The van der Waals surface area contributed by atoms with E-state index in [0.717, 1.165) is 0 Å². The molecule has 0 atom stereocenters. The van der Waals surface area contributed by atoms with Gasteiger partial charge < -0.3 is 57.4 Å². The molecule has 0 aromatic heterocycles. The molecule has 0 radical (unpaired) electrons. The summed E-state index contributed by atoms with van der Waals surface area (Å²) in [4.78, 5) is 0. The van der Waals surface area contributed by atoms with Gasteiger partial charge in [0.15, 0.2) is 0 Å². The Labute approximate surface area is 151 Å². The van der Waals surface area contributed by atoms with Crippen LogP contribution in [-0.4, -0.2) is 0 Å². The van der Waals surface area contributed by atoms with Gasteiger partial charge in [0, 0.05) is 0 Å². The van der Waals surface area contributed by atoms with Gasteiger partial charge in [-0.1, -0.05) is 38.2 Å². The maximum Gasteiger partial charge on any atom is 4.00 e. The molecule has 0 amide bonds. The molecule has 0 bridgehead atoms. The topological polar surface area (TPSA) is 0 Å². The van der Waals surface area contributed by atoms with Crippen LogP contribution in [0.1, 0.15) is 13.8 Å². The van der Waals surface area contributed by atoms with Crippen molar-refractivity contribution in [2.24, 2.45) is 10.8 Å². The molecule has 0 heterocycles. The predicted molar refractivity (Wildman–Crippen MR) is 57.1 cm³/mol. The molecule has 2 rings (SSSR count). The standard InChI is InChI=1S/C13H15.3BrH.Ti/c1-12(7-3-4-8-12)11-13(2)9-5-6-10-13;;;;/h3-11H,1-2H3;3*1H;/q-1;;;;+4/p-3. The number of rotatable bonds is 2. The van der Waals surface area contributed by atoms with E-state index >= 15 is 0 Å². The van der Waals surface area contributed by atoms with Gasteiger partial charge in [-0.3, -0.25) is 0 Å². The summed E-state index contributed by atoms with van der Waals surface area (Å²) >= 11 is 0. The van der Waals surface area contributed by atoms with E-state index in [0.29, 0.717) is 0 Å². The summed E-state index contributed by atoms with van der Waals surface area (Å²) in [6.07, 6.45) is 19.8. The number of hydrogen-bond donors (Lipinski definition) is 0. The van der Waals surface area contributed by atoms with Gasteiger partial charge in [0.2, 0.25) is 0 Å². The van der Waals surface area contributed by atoms with Gasteiger partial charge >= 0.3 is 21.7 Å². The minimum absolute atomic E-state index is 0. The molecule has 0 unspecified atom stereocenters. The van der Waals surface area contributed by atoms with Crippen molar-refractivity contribution in [3.63, 3.8) is 0 Å². The Balaban J connectivity index is -0.000000490. The second-order valence-corrected chi connectivity index (χ2v) is 4.31. The summed E-state index contributed by atoms with van der Waals surface area (Å²) in [5, 5.41) is 0. The molecule has 0 aromatic carbocycles. The summed E-state index contributed by atoms with van der Waals surface area (Å²) in [7, 11) is 0. The minimum atomic E-state index is 0. The maximum absolute atomic E-state index is 2.38. The molecule has 0 fully saturated rings. The average molecular weight is 459 g/mol. The van der Waals surface area contributed by atoms with Crippen molar-refractivity contribution in [2.45, 2.75) is 13.8 Å². The van der Waals surface area contributed by atoms with Crippen LogP contribution in [0.5, 0.6) is 0 Å². The van der Waals surface area contributed by atoms with E-state index < -0.39 is 0 Å². The van der Waals surface area contributed by atoms with Crippen LogP contribution in [-0.2, 0) is 21.7 Å². The Morgan fingerprint density at radius 2 is 0.882 bits per heavy atom. The first-order valence-electron chi connectivity index (χ1n) is 4.73. The first-order chi connectivity index (χ1) is 6.12. The molecule has 0 N–H and O–H groups in total. The molecule has 0 spiro atoms. The maximum atomic E-state index is 2.38. The number of halogens is 3. The molecule has 0 aromatic rings. The van der Waals surface area contributed by atoms with E-state index in [-0.39, 0.29) is 83.5 Å². The fourth-order valence-electron chi connectivity index (χ4n) is 2.03. The molecular formula is C13H15Br3Ti. The van der Waals surface area contributed by atoms with Crippen LogP contribution in [0.25, 0.3) is 0 Å². The SMILES string of the molecule is CC1([CH-]C2(C)C=CC=C2)C=CC=C1.[Br-].[Br-].[Br-].[Ti+4]. The quantitative estimate of drug-likeness (QED) is 0.286. The Kier molecular flexibility index (Phi) is 12.4. The Morgan fingerprint density at radius 1 is 0.647 bits per heavy atom. The van der Waals surface area contributed by atoms with Crippen LogP contribution in [0.4, 0.5) is 0 Å². The van der Waals surface area contributed by atoms with Crippen molar-refractivity contribution in [1.82, 2.24) is 0 Å². The van der Waals surface area contributed by atoms with Crippen molar-refractivity contribution in [2.75, 3.05) is 0 Å². The molecule has 17 heavy (non-hydrogen) atoms. The largest absolute Gasteiger partial charge is 4.00 e. The molecule has 0 saturated heterocycles. The number of hydrogen-bond acceptors (Lipinski definition) is 0. The van der Waals surface area contributed by atoms with E-state index in [2.05, 4.69) is 68.9 Å². The van der Waals surface area contributed by atoms with Crippen molar-refractivity contribution < 1.29 is 72.7 Å². The normalized spacial score (nSPS) is 19.9. The molecular weight excluding hydrogens is 444 g/mol. The Hall–Kier alpha value is 1.11. The van der Waals surface area contributed by atoms with Crippen LogP contribution < -0.4 is 50.9 Å². The van der Waals surface area contributed by atoms with E-state index in [1.165, 1.54) is 0 Å². The van der Waals surface area contributed by atoms with Gasteiger partial charge in [-0.25, -0.2) is 0 Å². The summed E-state index contributed by atoms with van der Waals surface area (Å²) < 4.78 is 0. The third kappa shape index (κ3) is 6.20. The second-order valence-electron chi connectivity index (χ2n) is 4.31. The molecule has 0 saturated carbocycles. The minimum Gasteiger partial charge on any atom is -1.00 e. The third-order valence-electron chi connectivity index (χ3n) is 2.67. The van der Waals surface area contributed by atoms with Gasteiger partial charge in [-0.05, 0) is 0 Å². The van der Waals surface area contributed by atoms with Crippen molar-refractivity contribution >= 4 is 0 Å². The van der Waals surface area contributed by atoms with E-state index in [1.807, 2.05) is 0 Å². The first kappa shape index (κ1) is 23.2. The van der Waals surface area contributed by atoms with E-state index in [1.54, 1.807) is 0 Å². The summed E-state index contributed by atoms with van der Waals surface area (Å²) in [6.45, 7) is 4.47. The van der Waals surface area contributed by atoms with Gasteiger partial charge in [0.25, 0.3) is 0 Å². The van der Waals surface area contributed by atoms with Gasteiger partial charge in [-0.2, -0.15) is 0 Å². The first-order valence-corrected chi connectivity index (χ1v) is 4.73. The zero-order valence-electron chi connectivity index (χ0n) is 9.83. The van der Waals surface area contributed by atoms with Crippen LogP contribution >= 0.6 is 0 Å². The molecule has 0 aliphatic heterocycles. The fourth-order valence-corrected chi connectivity index (χ4v) is 2.03. The van der Waals surface area contributed by atoms with Crippen LogP contribution in [0.15, 0.2) is 48.6 Å². The Morgan fingerprint density at radius 3 is 1.12 bits per heavy atom. The molecule has 0 nitrogen and oxygen atoms in total. The van der Waals surface area contributed by atoms with Crippen LogP contribution in [0.3, 0.4) is 0 Å². The summed E-state index contributed by atoms with van der Waals surface area (Å²) in [5.41, 5.74) is 0.265. The van der Waals surface area contributed by atoms with Crippen molar-refractivity contribution in [3.05, 3.63) is 55.0 Å². The second kappa shape index (κ2) is 9.09.